The van der Waals surface area contributed by atoms with Crippen molar-refractivity contribution >= 4 is 34.8 Å². The van der Waals surface area contributed by atoms with Crippen LogP contribution >= 0.6 is 11.6 Å². The van der Waals surface area contributed by atoms with Crippen molar-refractivity contribution in [3.8, 4) is 5.75 Å². The molecule has 0 aliphatic carbocycles. The van der Waals surface area contributed by atoms with E-state index in [1.807, 2.05) is 18.2 Å². The SMILES string of the molecule is CC1Oc2ccc(NC(=O)Cc3ccc(F)cc3)cc2N(Cc2ccccc2Cl)C1=O. The van der Waals surface area contributed by atoms with Gasteiger partial charge in [0.05, 0.1) is 18.7 Å². The number of amides is 2. The van der Waals surface area contributed by atoms with Gasteiger partial charge in [-0.05, 0) is 54.4 Å². The summed E-state index contributed by atoms with van der Waals surface area (Å²) in [7, 11) is 0. The van der Waals surface area contributed by atoms with Crippen LogP contribution in [0.2, 0.25) is 5.02 Å². The van der Waals surface area contributed by atoms with Crippen molar-refractivity contribution in [2.45, 2.75) is 26.0 Å². The van der Waals surface area contributed by atoms with Gasteiger partial charge < -0.3 is 15.0 Å². The van der Waals surface area contributed by atoms with Gasteiger partial charge in [-0.3, -0.25) is 9.59 Å². The Morgan fingerprint density at radius 3 is 2.61 bits per heavy atom. The van der Waals surface area contributed by atoms with Crippen LogP contribution in [-0.4, -0.2) is 17.9 Å². The molecule has 0 saturated heterocycles. The molecular weight excluding hydrogens is 419 g/mol. The highest BCUT2D eigenvalue weighted by Crippen LogP contribution is 2.37. The Morgan fingerprint density at radius 1 is 1.13 bits per heavy atom. The van der Waals surface area contributed by atoms with Gasteiger partial charge in [-0.25, -0.2) is 4.39 Å². The summed E-state index contributed by atoms with van der Waals surface area (Å²) in [5.41, 5.74) is 2.59. The van der Waals surface area contributed by atoms with Gasteiger partial charge >= 0.3 is 0 Å². The molecule has 0 spiro atoms. The predicted octanol–water partition coefficient (Wildman–Crippen LogP) is 4.97. The van der Waals surface area contributed by atoms with Crippen molar-refractivity contribution in [2.75, 3.05) is 10.2 Å². The molecule has 31 heavy (non-hydrogen) atoms. The molecule has 7 heteroatoms. The Hall–Kier alpha value is -3.38. The first-order valence-corrected chi connectivity index (χ1v) is 10.2. The molecular formula is C24H20ClFN2O3. The second kappa shape index (κ2) is 8.78. The number of fused-ring (bicyclic) bond motifs is 1. The molecule has 3 aromatic rings. The maximum atomic E-state index is 13.1. The van der Waals surface area contributed by atoms with Crippen molar-refractivity contribution in [1.29, 1.82) is 0 Å². The van der Waals surface area contributed by atoms with E-state index in [4.69, 9.17) is 16.3 Å². The molecule has 158 valence electrons. The van der Waals surface area contributed by atoms with Gasteiger partial charge in [0.25, 0.3) is 5.91 Å². The van der Waals surface area contributed by atoms with E-state index in [9.17, 15) is 14.0 Å². The Kier molecular flexibility index (Phi) is 5.91. The lowest BCUT2D eigenvalue weighted by molar-refractivity contribution is -0.125. The number of anilines is 2. The number of benzene rings is 3. The number of ether oxygens (including phenoxy) is 1. The molecule has 0 saturated carbocycles. The lowest BCUT2D eigenvalue weighted by Gasteiger charge is -2.33. The van der Waals surface area contributed by atoms with E-state index in [0.717, 1.165) is 5.56 Å². The van der Waals surface area contributed by atoms with Gasteiger partial charge in [-0.2, -0.15) is 0 Å². The summed E-state index contributed by atoms with van der Waals surface area (Å²) in [4.78, 5) is 26.9. The zero-order valence-corrected chi connectivity index (χ0v) is 17.5. The molecule has 0 fully saturated rings. The molecule has 3 aromatic carbocycles. The normalized spacial score (nSPS) is 15.3. The van der Waals surface area contributed by atoms with E-state index in [-0.39, 0.29) is 30.6 Å². The van der Waals surface area contributed by atoms with Crippen LogP contribution in [0.1, 0.15) is 18.1 Å². The zero-order valence-electron chi connectivity index (χ0n) is 16.8. The standard InChI is InChI=1S/C24H20ClFN2O3/c1-15-24(30)28(14-17-4-2-3-5-20(17)25)21-13-19(10-11-22(21)31-15)27-23(29)12-16-6-8-18(26)9-7-16/h2-11,13,15H,12,14H2,1H3,(H,27,29). The maximum Gasteiger partial charge on any atom is 0.268 e. The van der Waals surface area contributed by atoms with Crippen molar-refractivity contribution < 1.29 is 18.7 Å². The fraction of sp³-hybridized carbons (Fsp3) is 0.167. The molecule has 1 aliphatic heterocycles. The topological polar surface area (TPSA) is 58.6 Å². The van der Waals surface area contributed by atoms with E-state index >= 15 is 0 Å². The second-order valence-electron chi connectivity index (χ2n) is 7.31. The van der Waals surface area contributed by atoms with E-state index < -0.39 is 6.10 Å². The number of carbonyl (C=O) groups excluding carboxylic acids is 2. The summed E-state index contributed by atoms with van der Waals surface area (Å²) < 4.78 is 18.8. The molecule has 4 rings (SSSR count). The lowest BCUT2D eigenvalue weighted by Crippen LogP contribution is -2.44. The first-order chi connectivity index (χ1) is 14.9. The minimum Gasteiger partial charge on any atom is -0.479 e. The molecule has 1 aliphatic rings. The van der Waals surface area contributed by atoms with E-state index in [0.29, 0.717) is 27.7 Å². The molecule has 1 unspecified atom stereocenters. The van der Waals surface area contributed by atoms with Crippen LogP contribution in [-0.2, 0) is 22.6 Å². The zero-order chi connectivity index (χ0) is 22.0. The third kappa shape index (κ3) is 4.70. The highest BCUT2D eigenvalue weighted by Gasteiger charge is 2.32. The third-order valence-corrected chi connectivity index (χ3v) is 5.38. The Bertz CT molecular complexity index is 1130. The Labute approximate surface area is 184 Å². The molecule has 2 amide bonds. The number of nitrogens with one attached hydrogen (secondary N) is 1. The molecule has 0 radical (unpaired) electrons. The van der Waals surface area contributed by atoms with Gasteiger partial charge in [-0.15, -0.1) is 0 Å². The molecule has 1 N–H and O–H groups in total. The third-order valence-electron chi connectivity index (χ3n) is 5.02. The molecule has 1 heterocycles. The van der Waals surface area contributed by atoms with Crippen molar-refractivity contribution in [1.82, 2.24) is 0 Å². The summed E-state index contributed by atoms with van der Waals surface area (Å²) in [6, 6.07) is 18.3. The maximum absolute atomic E-state index is 13.1. The Balaban J connectivity index is 1.57. The summed E-state index contributed by atoms with van der Waals surface area (Å²) in [5.74, 6) is -0.241. The summed E-state index contributed by atoms with van der Waals surface area (Å²) >= 11 is 6.29. The van der Waals surface area contributed by atoms with E-state index in [1.165, 1.54) is 12.1 Å². The number of halogens is 2. The first kappa shape index (κ1) is 20.9. The number of carbonyl (C=O) groups is 2. The highest BCUT2D eigenvalue weighted by molar-refractivity contribution is 6.31. The monoisotopic (exact) mass is 438 g/mol. The largest absolute Gasteiger partial charge is 0.479 e. The minimum atomic E-state index is -0.631. The minimum absolute atomic E-state index is 0.104. The fourth-order valence-electron chi connectivity index (χ4n) is 3.44. The Morgan fingerprint density at radius 2 is 1.87 bits per heavy atom. The average molecular weight is 439 g/mol. The average Bonchev–Trinajstić information content (AvgIpc) is 2.75. The summed E-state index contributed by atoms with van der Waals surface area (Å²) in [5, 5.41) is 3.39. The van der Waals surface area contributed by atoms with Crippen LogP contribution in [0, 0.1) is 5.82 Å². The van der Waals surface area contributed by atoms with E-state index in [1.54, 1.807) is 48.2 Å². The van der Waals surface area contributed by atoms with Crippen LogP contribution in [0.15, 0.2) is 66.7 Å². The molecule has 1 atom stereocenters. The van der Waals surface area contributed by atoms with Crippen LogP contribution in [0.25, 0.3) is 0 Å². The van der Waals surface area contributed by atoms with Crippen LogP contribution in [0.5, 0.6) is 5.75 Å². The fourth-order valence-corrected chi connectivity index (χ4v) is 3.63. The number of nitrogens with zero attached hydrogens (tertiary/aromatic N) is 1. The van der Waals surface area contributed by atoms with Gasteiger partial charge in [-0.1, -0.05) is 41.9 Å². The smallest absolute Gasteiger partial charge is 0.268 e. The number of hydrogen-bond acceptors (Lipinski definition) is 3. The molecule has 0 aromatic heterocycles. The van der Waals surface area contributed by atoms with E-state index in [2.05, 4.69) is 5.32 Å². The van der Waals surface area contributed by atoms with Gasteiger partial charge in [0.2, 0.25) is 5.91 Å². The predicted molar refractivity (Wildman–Crippen MR) is 118 cm³/mol. The van der Waals surface area contributed by atoms with Crippen molar-refractivity contribution in [2.24, 2.45) is 0 Å². The van der Waals surface area contributed by atoms with Crippen molar-refractivity contribution in [3.63, 3.8) is 0 Å². The molecule has 5 nitrogen and oxygen atoms in total. The second-order valence-corrected chi connectivity index (χ2v) is 7.72. The number of rotatable bonds is 5. The molecule has 0 bridgehead atoms. The highest BCUT2D eigenvalue weighted by atomic mass is 35.5. The summed E-state index contributed by atoms with van der Waals surface area (Å²) in [6.07, 6.45) is -0.526. The first-order valence-electron chi connectivity index (χ1n) is 9.80. The van der Waals surface area contributed by atoms with Crippen LogP contribution in [0.3, 0.4) is 0 Å². The van der Waals surface area contributed by atoms with Gasteiger partial charge in [0.15, 0.2) is 6.10 Å². The lowest BCUT2D eigenvalue weighted by atomic mass is 10.1. The quantitative estimate of drug-likeness (QED) is 0.611. The van der Waals surface area contributed by atoms with Gasteiger partial charge in [0.1, 0.15) is 11.6 Å². The van der Waals surface area contributed by atoms with Crippen LogP contribution < -0.4 is 15.0 Å². The van der Waals surface area contributed by atoms with Gasteiger partial charge in [0, 0.05) is 10.7 Å². The summed E-state index contributed by atoms with van der Waals surface area (Å²) in [6.45, 7) is 1.98. The van der Waals surface area contributed by atoms with Crippen molar-refractivity contribution in [3.05, 3.63) is 88.7 Å². The van der Waals surface area contributed by atoms with Crippen LogP contribution in [0.4, 0.5) is 15.8 Å². The number of hydrogen-bond donors (Lipinski definition) is 1.